The fourth-order valence-electron chi connectivity index (χ4n) is 6.87. The first-order valence-electron chi connectivity index (χ1n) is 22.4. The van der Waals surface area contributed by atoms with Gasteiger partial charge in [0.15, 0.2) is 12.4 Å². The minimum absolute atomic E-state index is 0.220. The molecule has 4 N–H and O–H groups in total. The zero-order valence-electron chi connectivity index (χ0n) is 34.8. The molecule has 0 radical (unpaired) electrons. The average Bonchev–Trinajstić information content (AvgIpc) is 3.18. The van der Waals surface area contributed by atoms with Gasteiger partial charge in [-0.3, -0.25) is 9.59 Å². The van der Waals surface area contributed by atoms with Crippen molar-refractivity contribution in [1.82, 2.24) is 0 Å². The number of aliphatic hydroxyl groups is 4. The van der Waals surface area contributed by atoms with Gasteiger partial charge in [0.25, 0.3) is 0 Å². The van der Waals surface area contributed by atoms with Crippen molar-refractivity contribution in [1.29, 1.82) is 0 Å². The number of esters is 2. The smallest absolute Gasteiger partial charge is 0.306 e. The minimum atomic E-state index is -1.59. The zero-order valence-corrected chi connectivity index (χ0v) is 34.8. The SMILES string of the molecule is C=CCCCCCCCCCCCCCCCC(=O)O[C@@H](COC(=O)CCCCCCC/C=C/CCCCCCCC)CO[C@H]1O[C@@H](CO)[C@@H](O)C(O)C1O. The molecule has 322 valence electrons. The van der Waals surface area contributed by atoms with E-state index in [9.17, 15) is 30.0 Å². The Kier molecular flexibility index (Phi) is 34.0. The predicted molar refractivity (Wildman–Crippen MR) is 219 cm³/mol. The van der Waals surface area contributed by atoms with Crippen LogP contribution >= 0.6 is 0 Å². The van der Waals surface area contributed by atoms with Crippen molar-refractivity contribution < 1.29 is 49.0 Å². The summed E-state index contributed by atoms with van der Waals surface area (Å²) in [5.74, 6) is -0.814. The van der Waals surface area contributed by atoms with Gasteiger partial charge in [-0.25, -0.2) is 0 Å². The number of aliphatic hydroxyl groups excluding tert-OH is 4. The van der Waals surface area contributed by atoms with Crippen LogP contribution in [-0.2, 0) is 28.5 Å². The molecule has 55 heavy (non-hydrogen) atoms. The molecule has 0 amide bonds. The van der Waals surface area contributed by atoms with Gasteiger partial charge in [-0.1, -0.05) is 147 Å². The molecule has 6 atom stereocenters. The molecule has 1 rings (SSSR count). The number of allylic oxidation sites excluding steroid dienone is 3. The number of ether oxygens (including phenoxy) is 4. The molecule has 2 unspecified atom stereocenters. The van der Waals surface area contributed by atoms with Crippen molar-refractivity contribution in [3.63, 3.8) is 0 Å². The highest BCUT2D eigenvalue weighted by Crippen LogP contribution is 2.23. The summed E-state index contributed by atoms with van der Waals surface area (Å²) in [6, 6.07) is 0. The van der Waals surface area contributed by atoms with Crippen LogP contribution in [-0.4, -0.2) is 89.0 Å². The summed E-state index contributed by atoms with van der Waals surface area (Å²) in [5, 5.41) is 40.0. The van der Waals surface area contributed by atoms with E-state index in [2.05, 4.69) is 25.7 Å². The lowest BCUT2D eigenvalue weighted by atomic mass is 9.99. The summed E-state index contributed by atoms with van der Waals surface area (Å²) < 4.78 is 22.1. The van der Waals surface area contributed by atoms with Gasteiger partial charge in [0.05, 0.1) is 13.2 Å². The molecule has 1 aliphatic heterocycles. The lowest BCUT2D eigenvalue weighted by molar-refractivity contribution is -0.305. The second kappa shape index (κ2) is 36.5. The number of hydrogen-bond donors (Lipinski definition) is 4. The van der Waals surface area contributed by atoms with E-state index in [0.717, 1.165) is 64.2 Å². The van der Waals surface area contributed by atoms with Crippen LogP contribution in [0.25, 0.3) is 0 Å². The second-order valence-electron chi connectivity index (χ2n) is 15.6. The third-order valence-corrected chi connectivity index (χ3v) is 10.5. The summed E-state index contributed by atoms with van der Waals surface area (Å²) in [6.07, 6.45) is 30.7. The van der Waals surface area contributed by atoms with E-state index in [1.165, 1.54) is 103 Å². The topological polar surface area (TPSA) is 152 Å². The Morgan fingerprint density at radius 3 is 1.55 bits per heavy atom. The Labute approximate surface area is 334 Å². The molecule has 1 aliphatic rings. The molecule has 10 heteroatoms. The van der Waals surface area contributed by atoms with Crippen LogP contribution in [0.5, 0.6) is 0 Å². The van der Waals surface area contributed by atoms with Crippen molar-refractivity contribution >= 4 is 11.9 Å². The van der Waals surface area contributed by atoms with Crippen molar-refractivity contribution in [3.8, 4) is 0 Å². The van der Waals surface area contributed by atoms with E-state index in [1.54, 1.807) is 0 Å². The number of carbonyl (C=O) groups is 2. The van der Waals surface area contributed by atoms with E-state index in [0.29, 0.717) is 6.42 Å². The third-order valence-electron chi connectivity index (χ3n) is 10.5. The van der Waals surface area contributed by atoms with E-state index in [-0.39, 0.29) is 32.0 Å². The first-order chi connectivity index (χ1) is 26.8. The highest BCUT2D eigenvalue weighted by Gasteiger charge is 2.44. The quantitative estimate of drug-likeness (QED) is 0.0271. The number of rotatable bonds is 38. The van der Waals surface area contributed by atoms with Crippen LogP contribution < -0.4 is 0 Å². The largest absolute Gasteiger partial charge is 0.462 e. The van der Waals surface area contributed by atoms with Gasteiger partial charge in [0, 0.05) is 12.8 Å². The van der Waals surface area contributed by atoms with Crippen molar-refractivity contribution in [2.24, 2.45) is 0 Å². The van der Waals surface area contributed by atoms with E-state index < -0.39 is 49.4 Å². The van der Waals surface area contributed by atoms with Gasteiger partial charge < -0.3 is 39.4 Å². The minimum Gasteiger partial charge on any atom is -0.462 e. The van der Waals surface area contributed by atoms with Crippen molar-refractivity contribution in [2.45, 2.75) is 230 Å². The molecular weight excluding hydrogens is 700 g/mol. The maximum Gasteiger partial charge on any atom is 0.306 e. The van der Waals surface area contributed by atoms with Crippen LogP contribution in [0.4, 0.5) is 0 Å². The molecule has 0 bridgehead atoms. The maximum absolute atomic E-state index is 12.8. The summed E-state index contributed by atoms with van der Waals surface area (Å²) in [5.41, 5.74) is 0. The van der Waals surface area contributed by atoms with E-state index in [4.69, 9.17) is 18.9 Å². The monoisotopic (exact) mass is 783 g/mol. The molecule has 0 spiro atoms. The Morgan fingerprint density at radius 2 is 1.05 bits per heavy atom. The Morgan fingerprint density at radius 1 is 0.600 bits per heavy atom. The zero-order chi connectivity index (χ0) is 40.2. The number of hydrogen-bond acceptors (Lipinski definition) is 10. The van der Waals surface area contributed by atoms with Crippen LogP contribution in [0.2, 0.25) is 0 Å². The maximum atomic E-state index is 12.8. The fraction of sp³-hybridized carbons (Fsp3) is 0.867. The molecule has 10 nitrogen and oxygen atoms in total. The van der Waals surface area contributed by atoms with Crippen LogP contribution in [0.1, 0.15) is 193 Å². The van der Waals surface area contributed by atoms with Crippen molar-refractivity contribution in [3.05, 3.63) is 24.8 Å². The van der Waals surface area contributed by atoms with Gasteiger partial charge in [0.2, 0.25) is 0 Å². The van der Waals surface area contributed by atoms with Crippen LogP contribution in [0, 0.1) is 0 Å². The fourth-order valence-corrected chi connectivity index (χ4v) is 6.87. The van der Waals surface area contributed by atoms with Crippen LogP contribution in [0.3, 0.4) is 0 Å². The van der Waals surface area contributed by atoms with E-state index >= 15 is 0 Å². The van der Waals surface area contributed by atoms with Crippen LogP contribution in [0.15, 0.2) is 24.8 Å². The summed E-state index contributed by atoms with van der Waals surface area (Å²) in [6.45, 7) is 4.94. The highest BCUT2D eigenvalue weighted by atomic mass is 16.7. The molecule has 0 aromatic carbocycles. The second-order valence-corrected chi connectivity index (χ2v) is 15.6. The van der Waals surface area contributed by atoms with E-state index in [1.807, 2.05) is 6.08 Å². The summed E-state index contributed by atoms with van der Waals surface area (Å²) in [4.78, 5) is 25.3. The van der Waals surface area contributed by atoms with Gasteiger partial charge >= 0.3 is 11.9 Å². The van der Waals surface area contributed by atoms with Gasteiger partial charge in [-0.05, 0) is 51.4 Å². The Hall–Kier alpha value is -1.82. The first kappa shape index (κ1) is 51.2. The highest BCUT2D eigenvalue weighted by molar-refractivity contribution is 5.70. The predicted octanol–water partition coefficient (Wildman–Crippen LogP) is 9.33. The van der Waals surface area contributed by atoms with Crippen molar-refractivity contribution in [2.75, 3.05) is 19.8 Å². The molecule has 0 aliphatic carbocycles. The van der Waals surface area contributed by atoms with Gasteiger partial charge in [-0.2, -0.15) is 0 Å². The Bertz CT molecular complexity index is 941. The molecule has 1 saturated heterocycles. The lowest BCUT2D eigenvalue weighted by Crippen LogP contribution is -2.59. The first-order valence-corrected chi connectivity index (χ1v) is 22.4. The van der Waals surface area contributed by atoms with Gasteiger partial charge in [0.1, 0.15) is 31.0 Å². The Balaban J connectivity index is 2.32. The average molecular weight is 783 g/mol. The normalized spacial score (nSPS) is 20.5. The number of unbranched alkanes of at least 4 members (excludes halogenated alkanes) is 24. The van der Waals surface area contributed by atoms with Gasteiger partial charge in [-0.15, -0.1) is 6.58 Å². The molecule has 0 saturated carbocycles. The molecule has 1 fully saturated rings. The molecular formula is C45H82O10. The number of carbonyl (C=O) groups excluding carboxylic acids is 2. The summed E-state index contributed by atoms with van der Waals surface area (Å²) >= 11 is 0. The molecule has 0 aromatic heterocycles. The third kappa shape index (κ3) is 28.3. The molecule has 1 heterocycles. The standard InChI is InChI=1S/C45H82O10/c1-3-5-7-9-11-13-15-17-19-21-23-25-27-29-31-33-40(47)52-36-38(37-53-45-44(51)43(50)42(49)39(35-46)55-45)54-41(48)34-32-30-28-26-24-22-20-18-16-14-12-10-8-6-4-2/h4,17,19,38-39,42-46,49-51H,2-3,5-16,18,20-37H2,1H3/b19-17+/t38-,39-,42+,43?,44?,45-/m0/s1. The summed E-state index contributed by atoms with van der Waals surface area (Å²) in [7, 11) is 0. The molecule has 0 aromatic rings. The lowest BCUT2D eigenvalue weighted by Gasteiger charge is -2.39.